The molecule has 35 heavy (non-hydrogen) atoms. The molecule has 2 aromatic rings. The fraction of sp³-hybridized carbons (Fsp3) is 0.435. The largest absolute Gasteiger partial charge is 0.481 e. The lowest BCUT2D eigenvalue weighted by Gasteiger charge is -2.18. The average Bonchev–Trinajstić information content (AvgIpc) is 3.03. The molecule has 0 bridgehead atoms. The van der Waals surface area contributed by atoms with E-state index < -0.39 is 24.2 Å². The summed E-state index contributed by atoms with van der Waals surface area (Å²) in [4.78, 5) is 23.5. The number of ether oxygens (including phenoxy) is 1. The molecule has 0 aliphatic carbocycles. The van der Waals surface area contributed by atoms with Crippen molar-refractivity contribution >= 4 is 34.9 Å². The van der Waals surface area contributed by atoms with Gasteiger partial charge in [-0.15, -0.1) is 0 Å². The number of halogens is 4. The van der Waals surface area contributed by atoms with E-state index in [0.717, 1.165) is 49.7 Å². The van der Waals surface area contributed by atoms with Crippen molar-refractivity contribution in [3.8, 4) is 5.75 Å². The number of anilines is 2. The van der Waals surface area contributed by atoms with Gasteiger partial charge in [0, 0.05) is 12.2 Å². The number of hydrogen-bond acceptors (Lipinski definition) is 6. The van der Waals surface area contributed by atoms with Crippen LogP contribution in [0, 0.1) is 0 Å². The van der Waals surface area contributed by atoms with Crippen LogP contribution in [-0.2, 0) is 22.6 Å². The van der Waals surface area contributed by atoms with E-state index in [-0.39, 0.29) is 18.6 Å². The van der Waals surface area contributed by atoms with Crippen LogP contribution in [0.3, 0.4) is 0 Å². The quantitative estimate of drug-likeness (QED) is 0.369. The molecule has 0 saturated heterocycles. The van der Waals surface area contributed by atoms with Crippen LogP contribution in [0.2, 0.25) is 5.02 Å². The van der Waals surface area contributed by atoms with Gasteiger partial charge in [0.2, 0.25) is 0 Å². The number of benzene rings is 1. The van der Waals surface area contributed by atoms with Crippen LogP contribution in [0.1, 0.15) is 43.9 Å². The fourth-order valence-corrected chi connectivity index (χ4v) is 3.38. The SMILES string of the molecule is CC(Oc1ccc(CNc2c(Cl)ccc3c2CCCCN3)nc1)C(F)(F)F.O=C(O)CCC(=O)O. The number of carboxylic acid groups (broad SMARTS) is 2. The van der Waals surface area contributed by atoms with Crippen LogP contribution in [-0.4, -0.2) is 46.0 Å². The third-order valence-electron chi connectivity index (χ3n) is 5.00. The smallest absolute Gasteiger partial charge is 0.425 e. The zero-order chi connectivity index (χ0) is 26.0. The van der Waals surface area contributed by atoms with Crippen LogP contribution in [0.25, 0.3) is 0 Å². The summed E-state index contributed by atoms with van der Waals surface area (Å²) in [6, 6.07) is 6.96. The zero-order valence-electron chi connectivity index (χ0n) is 19.0. The third-order valence-corrected chi connectivity index (χ3v) is 5.32. The topological polar surface area (TPSA) is 121 Å². The molecule has 1 aromatic heterocycles. The van der Waals surface area contributed by atoms with Gasteiger partial charge in [-0.05, 0) is 56.0 Å². The third kappa shape index (κ3) is 9.51. The Morgan fingerprint density at radius 1 is 1.17 bits per heavy atom. The summed E-state index contributed by atoms with van der Waals surface area (Å²) in [6.07, 6.45) is -2.47. The molecule has 192 valence electrons. The van der Waals surface area contributed by atoms with Crippen LogP contribution in [0.5, 0.6) is 5.75 Å². The van der Waals surface area contributed by atoms with Crippen molar-refractivity contribution in [1.29, 1.82) is 0 Å². The highest BCUT2D eigenvalue weighted by Crippen LogP contribution is 2.35. The van der Waals surface area contributed by atoms with Crippen molar-refractivity contribution in [3.05, 3.63) is 46.7 Å². The second-order valence-corrected chi connectivity index (χ2v) is 8.17. The van der Waals surface area contributed by atoms with Gasteiger partial charge in [0.1, 0.15) is 5.75 Å². The minimum Gasteiger partial charge on any atom is -0.481 e. The van der Waals surface area contributed by atoms with Gasteiger partial charge in [0.05, 0.1) is 42.0 Å². The Hall–Kier alpha value is -3.21. The van der Waals surface area contributed by atoms with Gasteiger partial charge in [0.25, 0.3) is 0 Å². The summed E-state index contributed by atoms with van der Waals surface area (Å²) in [5.74, 6) is -2.07. The predicted molar refractivity (Wildman–Crippen MR) is 125 cm³/mol. The van der Waals surface area contributed by atoms with Crippen molar-refractivity contribution in [1.82, 2.24) is 4.98 Å². The number of carboxylic acids is 2. The van der Waals surface area contributed by atoms with E-state index in [1.165, 1.54) is 12.3 Å². The number of fused-ring (bicyclic) bond motifs is 1. The van der Waals surface area contributed by atoms with Gasteiger partial charge in [-0.3, -0.25) is 14.6 Å². The summed E-state index contributed by atoms with van der Waals surface area (Å²) in [6.45, 7) is 2.31. The average molecular weight is 518 g/mol. The van der Waals surface area contributed by atoms with Gasteiger partial charge < -0.3 is 25.6 Å². The molecule has 4 N–H and O–H groups in total. The van der Waals surface area contributed by atoms with E-state index in [1.807, 2.05) is 12.1 Å². The van der Waals surface area contributed by atoms with E-state index in [0.29, 0.717) is 17.3 Å². The second kappa shape index (κ2) is 13.0. The Balaban J connectivity index is 0.000000466. The van der Waals surface area contributed by atoms with Crippen LogP contribution >= 0.6 is 11.6 Å². The van der Waals surface area contributed by atoms with Gasteiger partial charge in [-0.1, -0.05) is 11.6 Å². The second-order valence-electron chi connectivity index (χ2n) is 7.76. The lowest BCUT2D eigenvalue weighted by atomic mass is 10.1. The molecule has 0 fully saturated rings. The molecule has 1 unspecified atom stereocenters. The van der Waals surface area contributed by atoms with E-state index >= 15 is 0 Å². The minimum atomic E-state index is -4.41. The van der Waals surface area contributed by atoms with E-state index in [4.69, 9.17) is 26.6 Å². The number of aliphatic carboxylic acids is 2. The lowest BCUT2D eigenvalue weighted by Crippen LogP contribution is -2.31. The number of nitrogens with one attached hydrogen (secondary N) is 2. The molecule has 0 spiro atoms. The van der Waals surface area contributed by atoms with Crippen molar-refractivity contribution in [2.45, 2.75) is 57.9 Å². The lowest BCUT2D eigenvalue weighted by molar-refractivity contribution is -0.189. The molecule has 12 heteroatoms. The Morgan fingerprint density at radius 2 is 1.86 bits per heavy atom. The minimum absolute atomic E-state index is 0.0828. The molecule has 3 rings (SSSR count). The van der Waals surface area contributed by atoms with Crippen LogP contribution < -0.4 is 15.4 Å². The first kappa shape index (κ1) is 28.0. The normalized spacial score (nSPS) is 13.7. The number of nitrogens with zero attached hydrogens (tertiary/aromatic N) is 1. The summed E-state index contributed by atoms with van der Waals surface area (Å²) in [7, 11) is 0. The van der Waals surface area contributed by atoms with E-state index in [9.17, 15) is 22.8 Å². The van der Waals surface area contributed by atoms with Crippen molar-refractivity contribution in [2.75, 3.05) is 17.2 Å². The summed E-state index contributed by atoms with van der Waals surface area (Å²) in [5, 5.41) is 23.2. The number of hydrogen-bond donors (Lipinski definition) is 4. The first-order valence-electron chi connectivity index (χ1n) is 10.9. The fourth-order valence-electron chi connectivity index (χ4n) is 3.13. The molecule has 2 heterocycles. The van der Waals surface area contributed by atoms with Gasteiger partial charge in [-0.2, -0.15) is 13.2 Å². The molecule has 1 aromatic carbocycles. The van der Waals surface area contributed by atoms with Crippen LogP contribution in [0.4, 0.5) is 24.5 Å². The summed E-state index contributed by atoms with van der Waals surface area (Å²) >= 11 is 6.37. The first-order valence-corrected chi connectivity index (χ1v) is 11.3. The maximum absolute atomic E-state index is 12.6. The Labute approximate surface area is 205 Å². The van der Waals surface area contributed by atoms with Crippen molar-refractivity contribution < 1.29 is 37.7 Å². The Kier molecular flexibility index (Phi) is 10.4. The molecular weight excluding hydrogens is 491 g/mol. The monoisotopic (exact) mass is 517 g/mol. The molecule has 0 amide bonds. The molecule has 1 aliphatic rings. The van der Waals surface area contributed by atoms with Crippen LogP contribution in [0.15, 0.2) is 30.5 Å². The summed E-state index contributed by atoms with van der Waals surface area (Å²) < 4.78 is 42.5. The van der Waals surface area contributed by atoms with Crippen molar-refractivity contribution in [3.63, 3.8) is 0 Å². The highest BCUT2D eigenvalue weighted by Gasteiger charge is 2.38. The standard InChI is InChI=1S/C19H21ClF3N3O.C4H6O4/c1-12(19(21,22)23)27-14-6-5-13(25-11-14)10-26-18-15-4-2-3-9-24-17(15)8-7-16(18)20;5-3(6)1-2-4(7)8/h5-8,11-12,24,26H,2-4,9-10H2,1H3;1-2H2,(H,5,6)(H,7,8). The highest BCUT2D eigenvalue weighted by atomic mass is 35.5. The molecule has 8 nitrogen and oxygen atoms in total. The maximum Gasteiger partial charge on any atom is 0.425 e. The number of aromatic nitrogens is 1. The molecule has 1 aliphatic heterocycles. The first-order chi connectivity index (χ1) is 16.5. The zero-order valence-corrected chi connectivity index (χ0v) is 19.7. The van der Waals surface area contributed by atoms with E-state index in [1.54, 1.807) is 6.07 Å². The number of rotatable bonds is 8. The number of carbonyl (C=O) groups is 2. The number of pyridine rings is 1. The molecule has 1 atom stereocenters. The molecule has 0 saturated carbocycles. The van der Waals surface area contributed by atoms with Gasteiger partial charge in [0.15, 0.2) is 6.10 Å². The van der Waals surface area contributed by atoms with Crippen molar-refractivity contribution in [2.24, 2.45) is 0 Å². The predicted octanol–water partition coefficient (Wildman–Crippen LogP) is 5.36. The summed E-state index contributed by atoms with van der Waals surface area (Å²) in [5.41, 5.74) is 3.78. The maximum atomic E-state index is 12.6. The number of alkyl halides is 3. The van der Waals surface area contributed by atoms with E-state index in [2.05, 4.69) is 15.6 Å². The highest BCUT2D eigenvalue weighted by molar-refractivity contribution is 6.33. The Morgan fingerprint density at radius 3 is 2.43 bits per heavy atom. The van der Waals surface area contributed by atoms with Gasteiger partial charge in [-0.25, -0.2) is 0 Å². The molecule has 0 radical (unpaired) electrons. The molecular formula is C23H27ClF3N3O5. The Bertz CT molecular complexity index is 989. The van der Waals surface area contributed by atoms with Gasteiger partial charge >= 0.3 is 18.1 Å².